The first kappa shape index (κ1) is 15.9. The third-order valence-electron chi connectivity index (χ3n) is 5.70. The Balaban J connectivity index is 1.32. The molecule has 26 heavy (non-hydrogen) atoms. The summed E-state index contributed by atoms with van der Waals surface area (Å²) in [6.45, 7) is 3.35. The molecule has 1 N–H and O–H groups in total. The van der Waals surface area contributed by atoms with Crippen LogP contribution >= 0.6 is 0 Å². The quantitative estimate of drug-likeness (QED) is 0.770. The third kappa shape index (κ3) is 2.61. The maximum absolute atomic E-state index is 14.0. The average Bonchev–Trinajstić information content (AvgIpc) is 3.15. The number of H-pyrrole nitrogens is 1. The first-order valence-electron chi connectivity index (χ1n) is 9.17. The Bertz CT molecular complexity index is 946. The van der Waals surface area contributed by atoms with Crippen LogP contribution in [0.3, 0.4) is 0 Å². The molecule has 1 spiro atoms. The number of hydrogen-bond acceptors (Lipinski definition) is 4. The van der Waals surface area contributed by atoms with Gasteiger partial charge in [0.05, 0.1) is 24.2 Å². The summed E-state index contributed by atoms with van der Waals surface area (Å²) in [5.41, 5.74) is 3.59. The highest BCUT2D eigenvalue weighted by atomic mass is 19.1. The number of nitrogens with zero attached hydrogens (tertiary/aromatic N) is 3. The number of likely N-dealkylation sites (tertiary alicyclic amines) is 1. The van der Waals surface area contributed by atoms with E-state index in [-0.39, 0.29) is 11.4 Å². The molecule has 1 saturated heterocycles. The Hall–Kier alpha value is -2.31. The van der Waals surface area contributed by atoms with Crippen molar-refractivity contribution in [3.05, 3.63) is 59.3 Å². The van der Waals surface area contributed by atoms with E-state index in [0.717, 1.165) is 62.3 Å². The van der Waals surface area contributed by atoms with Gasteiger partial charge in [-0.2, -0.15) is 5.10 Å². The summed E-state index contributed by atoms with van der Waals surface area (Å²) in [5.74, 6) is -0.260. The summed E-state index contributed by atoms with van der Waals surface area (Å²) in [5, 5.41) is 8.22. The zero-order valence-corrected chi connectivity index (χ0v) is 14.5. The molecule has 2 aliphatic heterocycles. The molecule has 0 radical (unpaired) electrons. The number of piperidine rings is 1. The van der Waals surface area contributed by atoms with E-state index in [1.165, 1.54) is 11.6 Å². The van der Waals surface area contributed by atoms with Gasteiger partial charge in [-0.3, -0.25) is 10.00 Å². The van der Waals surface area contributed by atoms with Crippen LogP contribution in [0, 0.1) is 5.82 Å². The van der Waals surface area contributed by atoms with Crippen molar-refractivity contribution in [2.75, 3.05) is 19.7 Å². The van der Waals surface area contributed by atoms with E-state index < -0.39 is 0 Å². The topological polar surface area (TPSA) is 54.0 Å². The molecule has 0 aliphatic carbocycles. The van der Waals surface area contributed by atoms with Gasteiger partial charge in [-0.25, -0.2) is 9.37 Å². The minimum Gasteiger partial charge on any atom is -0.368 e. The van der Waals surface area contributed by atoms with Gasteiger partial charge in [0.2, 0.25) is 0 Å². The molecule has 134 valence electrons. The largest absolute Gasteiger partial charge is 0.368 e. The van der Waals surface area contributed by atoms with Crippen molar-refractivity contribution in [2.45, 2.75) is 31.4 Å². The number of ether oxygens (including phenoxy) is 1. The molecule has 3 aromatic rings. The number of pyridine rings is 1. The van der Waals surface area contributed by atoms with Crippen molar-refractivity contribution in [1.29, 1.82) is 0 Å². The van der Waals surface area contributed by atoms with Gasteiger partial charge in [-0.1, -0.05) is 18.2 Å². The van der Waals surface area contributed by atoms with Crippen molar-refractivity contribution in [1.82, 2.24) is 20.1 Å². The third-order valence-corrected chi connectivity index (χ3v) is 5.70. The second-order valence-corrected chi connectivity index (χ2v) is 7.25. The fourth-order valence-electron chi connectivity index (χ4n) is 4.26. The van der Waals surface area contributed by atoms with E-state index in [1.54, 1.807) is 6.07 Å². The van der Waals surface area contributed by atoms with Gasteiger partial charge in [0, 0.05) is 25.0 Å². The normalized spacial score (nSPS) is 19.7. The summed E-state index contributed by atoms with van der Waals surface area (Å²) in [4.78, 5) is 6.91. The standard InChI is InChI=1S/C20H21FN4O/c21-17-3-1-2-14-4-5-16(23-18(14)17)13-25-9-7-20(8-10-25)19-15(6-11-26-20)12-22-24-19/h1-5,12H,6-11,13H2,(H,22,24). The Labute approximate surface area is 151 Å². The van der Waals surface area contributed by atoms with Crippen LogP contribution in [0.2, 0.25) is 0 Å². The molecule has 5 nitrogen and oxygen atoms in total. The van der Waals surface area contributed by atoms with E-state index in [2.05, 4.69) is 20.1 Å². The number of fused-ring (bicyclic) bond motifs is 3. The molecule has 6 heteroatoms. The highest BCUT2D eigenvalue weighted by Gasteiger charge is 2.42. The molecular weight excluding hydrogens is 331 g/mol. The molecule has 0 saturated carbocycles. The number of benzene rings is 1. The van der Waals surface area contributed by atoms with Gasteiger partial charge in [0.1, 0.15) is 16.9 Å². The monoisotopic (exact) mass is 352 g/mol. The maximum Gasteiger partial charge on any atom is 0.149 e. The number of nitrogens with one attached hydrogen (secondary N) is 1. The fourth-order valence-corrected chi connectivity index (χ4v) is 4.26. The fraction of sp³-hybridized carbons (Fsp3) is 0.400. The predicted molar refractivity (Wildman–Crippen MR) is 96.1 cm³/mol. The molecule has 5 rings (SSSR count). The van der Waals surface area contributed by atoms with Crippen molar-refractivity contribution >= 4 is 10.9 Å². The van der Waals surface area contributed by atoms with Gasteiger partial charge >= 0.3 is 0 Å². The summed E-state index contributed by atoms with van der Waals surface area (Å²) in [6.07, 6.45) is 4.73. The summed E-state index contributed by atoms with van der Waals surface area (Å²) < 4.78 is 20.2. The van der Waals surface area contributed by atoms with Crippen molar-refractivity contribution in [2.24, 2.45) is 0 Å². The number of rotatable bonds is 2. The van der Waals surface area contributed by atoms with Crippen LogP contribution in [0.1, 0.15) is 29.8 Å². The SMILES string of the molecule is Fc1cccc2ccc(CN3CCC4(CC3)OCCc3cn[nH]c34)nc12. The van der Waals surface area contributed by atoms with E-state index in [0.29, 0.717) is 5.52 Å². The smallest absolute Gasteiger partial charge is 0.149 e. The second-order valence-electron chi connectivity index (χ2n) is 7.25. The Morgan fingerprint density at radius 3 is 2.96 bits per heavy atom. The molecule has 1 fully saturated rings. The number of halogens is 1. The van der Waals surface area contributed by atoms with Crippen LogP contribution in [-0.4, -0.2) is 39.8 Å². The number of aromatic amines is 1. The summed E-state index contributed by atoms with van der Waals surface area (Å²) in [7, 11) is 0. The van der Waals surface area contributed by atoms with E-state index in [1.807, 2.05) is 24.4 Å². The molecule has 0 atom stereocenters. The van der Waals surface area contributed by atoms with Crippen LogP contribution in [0.5, 0.6) is 0 Å². The highest BCUT2D eigenvalue weighted by molar-refractivity contribution is 5.79. The van der Waals surface area contributed by atoms with Crippen LogP contribution < -0.4 is 0 Å². The van der Waals surface area contributed by atoms with Crippen molar-refractivity contribution in [3.8, 4) is 0 Å². The molecular formula is C20H21FN4O. The van der Waals surface area contributed by atoms with E-state index in [9.17, 15) is 4.39 Å². The lowest BCUT2D eigenvalue weighted by Gasteiger charge is -2.43. The van der Waals surface area contributed by atoms with Gasteiger partial charge < -0.3 is 4.74 Å². The van der Waals surface area contributed by atoms with E-state index in [4.69, 9.17) is 4.74 Å². The second kappa shape index (κ2) is 6.14. The molecule has 0 unspecified atom stereocenters. The molecule has 2 aromatic heterocycles. The number of aromatic nitrogens is 3. The summed E-state index contributed by atoms with van der Waals surface area (Å²) in [6, 6.07) is 9.02. The first-order valence-corrected chi connectivity index (χ1v) is 9.17. The van der Waals surface area contributed by atoms with Gasteiger partial charge in [0.15, 0.2) is 0 Å². The van der Waals surface area contributed by atoms with Crippen molar-refractivity contribution < 1.29 is 9.13 Å². The molecule has 0 bridgehead atoms. The van der Waals surface area contributed by atoms with Gasteiger partial charge in [-0.05, 0) is 37.0 Å². The van der Waals surface area contributed by atoms with E-state index >= 15 is 0 Å². The van der Waals surface area contributed by atoms with Gasteiger partial charge in [-0.15, -0.1) is 0 Å². The lowest BCUT2D eigenvalue weighted by molar-refractivity contribution is -0.102. The Kier molecular flexibility index (Phi) is 3.76. The summed E-state index contributed by atoms with van der Waals surface area (Å²) >= 11 is 0. The Morgan fingerprint density at radius 1 is 1.19 bits per heavy atom. The minimum atomic E-state index is -0.260. The average molecular weight is 352 g/mol. The highest BCUT2D eigenvalue weighted by Crippen LogP contribution is 2.40. The van der Waals surface area contributed by atoms with Crippen LogP contribution in [0.15, 0.2) is 36.5 Å². The van der Waals surface area contributed by atoms with Crippen molar-refractivity contribution in [3.63, 3.8) is 0 Å². The molecule has 0 amide bonds. The van der Waals surface area contributed by atoms with Crippen LogP contribution in [-0.2, 0) is 23.3 Å². The van der Waals surface area contributed by atoms with Crippen LogP contribution in [0.4, 0.5) is 4.39 Å². The molecule has 2 aliphatic rings. The molecule has 4 heterocycles. The predicted octanol–water partition coefficient (Wildman–Crippen LogP) is 3.16. The maximum atomic E-state index is 14.0. The van der Waals surface area contributed by atoms with Gasteiger partial charge in [0.25, 0.3) is 0 Å². The van der Waals surface area contributed by atoms with Crippen LogP contribution in [0.25, 0.3) is 10.9 Å². The lowest BCUT2D eigenvalue weighted by atomic mass is 9.84. The Morgan fingerprint density at radius 2 is 2.08 bits per heavy atom. The molecule has 1 aromatic carbocycles. The first-order chi connectivity index (χ1) is 12.7. The minimum absolute atomic E-state index is 0.219. The zero-order valence-electron chi connectivity index (χ0n) is 14.5. The number of hydrogen-bond donors (Lipinski definition) is 1. The lowest BCUT2D eigenvalue weighted by Crippen LogP contribution is -2.46. The zero-order chi connectivity index (χ0) is 17.6. The number of para-hydroxylation sites is 1.